The Hall–Kier alpha value is -1.50. The number of aliphatic hydroxyl groups excluding tert-OH is 1. The van der Waals surface area contributed by atoms with Gasteiger partial charge in [0.05, 0.1) is 12.0 Å². The predicted octanol–water partition coefficient (Wildman–Crippen LogP) is 1.72. The molecule has 2 aliphatic heterocycles. The average Bonchev–Trinajstić information content (AvgIpc) is 2.44. The number of aliphatic hydroxyl groups is 1. The number of hydrogen-bond donors (Lipinski definition) is 1. The molecule has 0 aromatic carbocycles. The van der Waals surface area contributed by atoms with Crippen LogP contribution in [-0.4, -0.2) is 50.5 Å². The zero-order chi connectivity index (χ0) is 15.2. The molecule has 0 aromatic heterocycles. The maximum absolute atomic E-state index is 10.5. The van der Waals surface area contributed by atoms with E-state index in [0.29, 0.717) is 13.2 Å². The van der Waals surface area contributed by atoms with Crippen LogP contribution in [0.25, 0.3) is 0 Å². The number of rotatable bonds is 2. The van der Waals surface area contributed by atoms with Crippen LogP contribution in [0.15, 0.2) is 0 Å². The van der Waals surface area contributed by atoms with Crippen molar-refractivity contribution in [2.75, 3.05) is 33.0 Å². The smallest absolute Gasteiger partial charge is 0.434 e. The molecular formula is C13H22O7. The molecule has 0 radical (unpaired) electrons. The summed E-state index contributed by atoms with van der Waals surface area (Å²) in [5.74, 6) is 0. The highest BCUT2D eigenvalue weighted by Crippen LogP contribution is 2.25. The lowest BCUT2D eigenvalue weighted by atomic mass is 9.88. The highest BCUT2D eigenvalue weighted by atomic mass is 16.7. The highest BCUT2D eigenvalue weighted by molar-refractivity contribution is 5.60. The SMILES string of the molecule is CC1(C)COC(=O)OC1.CCC1(CO)COC(=O)OC1. The Labute approximate surface area is 118 Å². The summed E-state index contributed by atoms with van der Waals surface area (Å²) < 4.78 is 18.6. The summed E-state index contributed by atoms with van der Waals surface area (Å²) in [5.41, 5.74) is -0.373. The Morgan fingerprint density at radius 1 is 0.950 bits per heavy atom. The summed E-state index contributed by atoms with van der Waals surface area (Å²) in [6.07, 6.45) is -0.437. The molecular weight excluding hydrogens is 268 g/mol. The molecule has 2 aliphatic rings. The molecule has 7 nitrogen and oxygen atoms in total. The van der Waals surface area contributed by atoms with Gasteiger partial charge in [-0.05, 0) is 6.42 Å². The van der Waals surface area contributed by atoms with Gasteiger partial charge in [-0.3, -0.25) is 0 Å². The summed E-state index contributed by atoms with van der Waals surface area (Å²) in [7, 11) is 0. The lowest BCUT2D eigenvalue weighted by molar-refractivity contribution is -0.0816. The van der Waals surface area contributed by atoms with Gasteiger partial charge in [-0.1, -0.05) is 20.8 Å². The molecule has 116 valence electrons. The van der Waals surface area contributed by atoms with Crippen LogP contribution in [0.3, 0.4) is 0 Å². The van der Waals surface area contributed by atoms with E-state index < -0.39 is 12.3 Å². The quantitative estimate of drug-likeness (QED) is 0.774. The van der Waals surface area contributed by atoms with Gasteiger partial charge in [-0.15, -0.1) is 0 Å². The molecule has 0 aromatic rings. The van der Waals surface area contributed by atoms with Crippen molar-refractivity contribution in [3.05, 3.63) is 0 Å². The van der Waals surface area contributed by atoms with Gasteiger partial charge in [0.1, 0.15) is 26.4 Å². The van der Waals surface area contributed by atoms with Gasteiger partial charge < -0.3 is 24.1 Å². The molecule has 20 heavy (non-hydrogen) atoms. The van der Waals surface area contributed by atoms with E-state index in [1.807, 2.05) is 20.8 Å². The summed E-state index contributed by atoms with van der Waals surface area (Å²) >= 11 is 0. The zero-order valence-electron chi connectivity index (χ0n) is 12.1. The second-order valence-electron chi connectivity index (χ2n) is 5.83. The lowest BCUT2D eigenvalue weighted by Crippen LogP contribution is -2.41. The largest absolute Gasteiger partial charge is 0.508 e. The van der Waals surface area contributed by atoms with Crippen molar-refractivity contribution in [1.82, 2.24) is 0 Å². The number of ether oxygens (including phenoxy) is 4. The molecule has 1 N–H and O–H groups in total. The number of carbonyl (C=O) groups excluding carboxylic acids is 2. The van der Waals surface area contributed by atoms with Crippen molar-refractivity contribution in [3.8, 4) is 0 Å². The third-order valence-corrected chi connectivity index (χ3v) is 3.24. The van der Waals surface area contributed by atoms with Gasteiger partial charge >= 0.3 is 12.3 Å². The molecule has 2 rings (SSSR count). The fourth-order valence-corrected chi connectivity index (χ4v) is 1.51. The summed E-state index contributed by atoms with van der Waals surface area (Å²) in [5, 5.41) is 8.96. The number of carbonyl (C=O) groups is 2. The molecule has 0 saturated carbocycles. The normalized spacial score (nSPS) is 23.2. The second kappa shape index (κ2) is 6.78. The third kappa shape index (κ3) is 4.88. The fourth-order valence-electron chi connectivity index (χ4n) is 1.51. The summed E-state index contributed by atoms with van der Waals surface area (Å²) in [6.45, 7) is 7.35. The standard InChI is InChI=1S/C7H12O4.C6H10O3/c1-2-7(3-8)4-10-6(9)11-5-7;1-6(2)3-8-5(7)9-4-6/h8H,2-5H2,1H3;3-4H2,1-2H3. The summed E-state index contributed by atoms with van der Waals surface area (Å²) in [4.78, 5) is 20.8. The molecule has 0 bridgehead atoms. The average molecular weight is 290 g/mol. The molecule has 0 atom stereocenters. The van der Waals surface area contributed by atoms with E-state index in [0.717, 1.165) is 6.42 Å². The molecule has 2 fully saturated rings. The summed E-state index contributed by atoms with van der Waals surface area (Å²) in [6, 6.07) is 0. The van der Waals surface area contributed by atoms with Gasteiger partial charge in [0.25, 0.3) is 0 Å². The molecule has 0 amide bonds. The molecule has 0 spiro atoms. The van der Waals surface area contributed by atoms with Crippen molar-refractivity contribution >= 4 is 12.3 Å². The monoisotopic (exact) mass is 290 g/mol. The lowest BCUT2D eigenvalue weighted by Gasteiger charge is -2.32. The van der Waals surface area contributed by atoms with Crippen LogP contribution in [0.1, 0.15) is 27.2 Å². The van der Waals surface area contributed by atoms with E-state index in [9.17, 15) is 9.59 Å². The van der Waals surface area contributed by atoms with E-state index in [2.05, 4.69) is 18.9 Å². The Bertz CT molecular complexity index is 323. The first-order valence-electron chi connectivity index (χ1n) is 6.52. The molecule has 0 aliphatic carbocycles. The predicted molar refractivity (Wildman–Crippen MR) is 68.2 cm³/mol. The minimum atomic E-state index is -0.637. The van der Waals surface area contributed by atoms with Crippen LogP contribution < -0.4 is 0 Å². The van der Waals surface area contributed by atoms with Gasteiger partial charge in [-0.2, -0.15) is 0 Å². The van der Waals surface area contributed by atoms with E-state index in [4.69, 9.17) is 5.11 Å². The fraction of sp³-hybridized carbons (Fsp3) is 0.846. The molecule has 0 unspecified atom stereocenters. The van der Waals surface area contributed by atoms with E-state index in [1.165, 1.54) is 0 Å². The van der Waals surface area contributed by atoms with Crippen LogP contribution in [0.2, 0.25) is 0 Å². The first-order chi connectivity index (χ1) is 9.32. The van der Waals surface area contributed by atoms with Crippen molar-refractivity contribution < 1.29 is 33.6 Å². The third-order valence-electron chi connectivity index (χ3n) is 3.24. The first-order valence-corrected chi connectivity index (χ1v) is 6.52. The van der Waals surface area contributed by atoms with Gasteiger partial charge in [-0.25, -0.2) is 9.59 Å². The van der Waals surface area contributed by atoms with Gasteiger partial charge in [0, 0.05) is 5.41 Å². The van der Waals surface area contributed by atoms with Crippen molar-refractivity contribution in [2.45, 2.75) is 27.2 Å². The van der Waals surface area contributed by atoms with Crippen LogP contribution in [0.4, 0.5) is 9.59 Å². The Kier molecular flexibility index (Phi) is 5.62. The minimum absolute atomic E-state index is 0.00319. The number of cyclic esters (lactones) is 4. The van der Waals surface area contributed by atoms with E-state index in [1.54, 1.807) is 0 Å². The highest BCUT2D eigenvalue weighted by Gasteiger charge is 2.35. The zero-order valence-corrected chi connectivity index (χ0v) is 12.1. The first kappa shape index (κ1) is 16.6. The molecule has 7 heteroatoms. The number of hydrogen-bond acceptors (Lipinski definition) is 7. The van der Waals surface area contributed by atoms with Gasteiger partial charge in [0.15, 0.2) is 0 Å². The van der Waals surface area contributed by atoms with Crippen LogP contribution in [0.5, 0.6) is 0 Å². The maximum atomic E-state index is 10.5. The van der Waals surface area contributed by atoms with Crippen LogP contribution in [-0.2, 0) is 18.9 Å². The minimum Gasteiger partial charge on any atom is -0.434 e. The van der Waals surface area contributed by atoms with Crippen LogP contribution >= 0.6 is 0 Å². The second-order valence-corrected chi connectivity index (χ2v) is 5.83. The van der Waals surface area contributed by atoms with E-state index in [-0.39, 0.29) is 30.7 Å². The van der Waals surface area contributed by atoms with Gasteiger partial charge in [0.2, 0.25) is 0 Å². The molecule has 2 saturated heterocycles. The Morgan fingerprint density at radius 2 is 1.35 bits per heavy atom. The molecule has 2 heterocycles. The van der Waals surface area contributed by atoms with Crippen LogP contribution in [0, 0.1) is 10.8 Å². The Morgan fingerprint density at radius 3 is 1.65 bits per heavy atom. The van der Waals surface area contributed by atoms with Crippen molar-refractivity contribution in [2.24, 2.45) is 10.8 Å². The maximum Gasteiger partial charge on any atom is 0.508 e. The van der Waals surface area contributed by atoms with E-state index >= 15 is 0 Å². The Balaban J connectivity index is 0.000000204. The van der Waals surface area contributed by atoms with Crippen molar-refractivity contribution in [1.29, 1.82) is 0 Å². The topological polar surface area (TPSA) is 91.3 Å². The van der Waals surface area contributed by atoms with Crippen molar-refractivity contribution in [3.63, 3.8) is 0 Å².